The highest BCUT2D eigenvalue weighted by molar-refractivity contribution is 5.86. The Kier molecular flexibility index (Phi) is 5.41. The molecule has 0 spiro atoms. The lowest BCUT2D eigenvalue weighted by Gasteiger charge is -2.39. The highest BCUT2D eigenvalue weighted by atomic mass is 16.2. The summed E-state index contributed by atoms with van der Waals surface area (Å²) in [6.07, 6.45) is 3.04. The van der Waals surface area contributed by atoms with Crippen LogP contribution in [0.2, 0.25) is 0 Å². The van der Waals surface area contributed by atoms with Crippen molar-refractivity contribution >= 4 is 5.91 Å². The average molecular weight is 282 g/mol. The fraction of sp³-hybridized carbons (Fsp3) is 0.933. The molecule has 2 fully saturated rings. The number of nitrogens with zero attached hydrogens (tertiary/aromatic N) is 3. The van der Waals surface area contributed by atoms with E-state index >= 15 is 0 Å². The lowest BCUT2D eigenvalue weighted by Crippen LogP contribution is -2.59. The number of amides is 1. The summed E-state index contributed by atoms with van der Waals surface area (Å²) in [6.45, 7) is 9.11. The van der Waals surface area contributed by atoms with Crippen molar-refractivity contribution < 1.29 is 4.79 Å². The van der Waals surface area contributed by atoms with Crippen molar-refractivity contribution in [2.24, 2.45) is 0 Å². The van der Waals surface area contributed by atoms with Gasteiger partial charge in [-0.3, -0.25) is 9.69 Å². The van der Waals surface area contributed by atoms with Crippen molar-refractivity contribution in [3.63, 3.8) is 0 Å². The van der Waals surface area contributed by atoms with E-state index in [0.717, 1.165) is 65.1 Å². The number of nitrogens with one attached hydrogen (secondary N) is 1. The summed E-state index contributed by atoms with van der Waals surface area (Å²) in [5.41, 5.74) is -0.258. The van der Waals surface area contributed by atoms with Gasteiger partial charge in [0.05, 0.1) is 5.54 Å². The van der Waals surface area contributed by atoms with Gasteiger partial charge >= 0.3 is 0 Å². The molecular formula is C15H30N4O. The third-order valence-corrected chi connectivity index (χ3v) is 4.78. The van der Waals surface area contributed by atoms with Crippen LogP contribution in [0.3, 0.4) is 0 Å². The lowest BCUT2D eigenvalue weighted by atomic mass is 9.92. The van der Waals surface area contributed by atoms with E-state index in [4.69, 9.17) is 0 Å². The molecule has 116 valence electrons. The fourth-order valence-corrected chi connectivity index (χ4v) is 3.26. The lowest BCUT2D eigenvalue weighted by molar-refractivity contribution is -0.139. The first-order chi connectivity index (χ1) is 9.57. The first-order valence-corrected chi connectivity index (χ1v) is 7.99. The van der Waals surface area contributed by atoms with E-state index in [9.17, 15) is 4.79 Å². The van der Waals surface area contributed by atoms with Crippen LogP contribution in [-0.4, -0.2) is 86.1 Å². The molecule has 1 atom stereocenters. The third-order valence-electron chi connectivity index (χ3n) is 4.78. The third kappa shape index (κ3) is 3.51. The highest BCUT2D eigenvalue weighted by Crippen LogP contribution is 2.26. The number of rotatable bonds is 5. The Labute approximate surface area is 123 Å². The van der Waals surface area contributed by atoms with Crippen LogP contribution in [0.15, 0.2) is 0 Å². The molecular weight excluding hydrogens is 252 g/mol. The van der Waals surface area contributed by atoms with Crippen LogP contribution in [0, 0.1) is 0 Å². The van der Waals surface area contributed by atoms with E-state index < -0.39 is 0 Å². The number of likely N-dealkylation sites (N-methyl/N-ethyl adjacent to an activating group) is 1. The summed E-state index contributed by atoms with van der Waals surface area (Å²) in [5.74, 6) is 0.338. The maximum absolute atomic E-state index is 12.8. The molecule has 2 heterocycles. The Morgan fingerprint density at radius 2 is 1.95 bits per heavy atom. The normalized spacial score (nSPS) is 28.3. The predicted octanol–water partition coefficient (Wildman–Crippen LogP) is 0.224. The van der Waals surface area contributed by atoms with Gasteiger partial charge < -0.3 is 15.1 Å². The Balaban J connectivity index is 1.82. The fourth-order valence-electron chi connectivity index (χ4n) is 3.26. The molecule has 1 amide bonds. The summed E-state index contributed by atoms with van der Waals surface area (Å²) in [4.78, 5) is 19.5. The van der Waals surface area contributed by atoms with E-state index in [2.05, 4.69) is 41.0 Å². The molecule has 1 unspecified atom stereocenters. The van der Waals surface area contributed by atoms with Crippen LogP contribution in [0.1, 0.15) is 26.2 Å². The van der Waals surface area contributed by atoms with E-state index in [-0.39, 0.29) is 5.54 Å². The standard InChI is InChI=1S/C15H30N4O/c1-4-15(6-5-7-16-15)14(20)19-12-10-18(11-13-19)9-8-17(2)3/h16H,4-13H2,1-3H3. The van der Waals surface area contributed by atoms with Gasteiger partial charge in [-0.25, -0.2) is 0 Å². The molecule has 5 heteroatoms. The minimum Gasteiger partial charge on any atom is -0.339 e. The quantitative estimate of drug-likeness (QED) is 0.783. The van der Waals surface area contributed by atoms with Gasteiger partial charge in [0.1, 0.15) is 0 Å². The second-order valence-corrected chi connectivity index (χ2v) is 6.40. The van der Waals surface area contributed by atoms with Gasteiger partial charge in [0.2, 0.25) is 5.91 Å². The smallest absolute Gasteiger partial charge is 0.242 e. The van der Waals surface area contributed by atoms with Crippen LogP contribution >= 0.6 is 0 Å². The van der Waals surface area contributed by atoms with Crippen molar-refractivity contribution in [1.29, 1.82) is 0 Å². The van der Waals surface area contributed by atoms with Crippen molar-refractivity contribution in [1.82, 2.24) is 20.0 Å². The number of carbonyl (C=O) groups is 1. The molecule has 0 saturated carbocycles. The monoisotopic (exact) mass is 282 g/mol. The molecule has 0 radical (unpaired) electrons. The summed E-state index contributed by atoms with van der Waals surface area (Å²) < 4.78 is 0. The topological polar surface area (TPSA) is 38.8 Å². The van der Waals surface area contributed by atoms with E-state index in [1.807, 2.05) is 0 Å². The summed E-state index contributed by atoms with van der Waals surface area (Å²) in [7, 11) is 4.22. The van der Waals surface area contributed by atoms with Gasteiger partial charge in [0.15, 0.2) is 0 Å². The SMILES string of the molecule is CCC1(C(=O)N2CCN(CCN(C)C)CC2)CCCN1. The Hall–Kier alpha value is -0.650. The zero-order valence-electron chi connectivity index (χ0n) is 13.3. The summed E-state index contributed by atoms with van der Waals surface area (Å²) in [5, 5.41) is 3.46. The molecule has 0 aliphatic carbocycles. The zero-order chi connectivity index (χ0) is 14.6. The summed E-state index contributed by atoms with van der Waals surface area (Å²) >= 11 is 0. The van der Waals surface area contributed by atoms with Crippen molar-refractivity contribution in [2.45, 2.75) is 31.7 Å². The van der Waals surface area contributed by atoms with Gasteiger partial charge in [-0.2, -0.15) is 0 Å². The van der Waals surface area contributed by atoms with Gasteiger partial charge in [0, 0.05) is 39.3 Å². The minimum absolute atomic E-state index is 0.258. The number of carbonyl (C=O) groups excluding carboxylic acids is 1. The summed E-state index contributed by atoms with van der Waals surface area (Å²) in [6, 6.07) is 0. The van der Waals surface area contributed by atoms with E-state index in [1.165, 1.54) is 0 Å². The second-order valence-electron chi connectivity index (χ2n) is 6.40. The Morgan fingerprint density at radius 1 is 1.25 bits per heavy atom. The Morgan fingerprint density at radius 3 is 2.45 bits per heavy atom. The molecule has 0 aromatic heterocycles. The van der Waals surface area contributed by atoms with Crippen molar-refractivity contribution in [3.8, 4) is 0 Å². The van der Waals surface area contributed by atoms with Crippen LogP contribution in [0.4, 0.5) is 0 Å². The molecule has 2 aliphatic heterocycles. The largest absolute Gasteiger partial charge is 0.339 e. The zero-order valence-corrected chi connectivity index (χ0v) is 13.3. The second kappa shape index (κ2) is 6.87. The van der Waals surface area contributed by atoms with Crippen LogP contribution in [0.5, 0.6) is 0 Å². The molecule has 2 aliphatic rings. The molecule has 20 heavy (non-hydrogen) atoms. The number of piperazine rings is 1. The van der Waals surface area contributed by atoms with Gasteiger partial charge in [-0.05, 0) is 39.9 Å². The molecule has 2 rings (SSSR count). The molecule has 2 saturated heterocycles. The first kappa shape index (κ1) is 15.7. The maximum atomic E-state index is 12.8. The van der Waals surface area contributed by atoms with Gasteiger partial charge in [-0.15, -0.1) is 0 Å². The van der Waals surface area contributed by atoms with E-state index in [1.54, 1.807) is 0 Å². The number of hydrogen-bond donors (Lipinski definition) is 1. The molecule has 0 aromatic carbocycles. The maximum Gasteiger partial charge on any atom is 0.242 e. The average Bonchev–Trinajstić information content (AvgIpc) is 2.95. The first-order valence-electron chi connectivity index (χ1n) is 7.99. The number of hydrogen-bond acceptors (Lipinski definition) is 4. The van der Waals surface area contributed by atoms with Crippen molar-refractivity contribution in [3.05, 3.63) is 0 Å². The molecule has 1 N–H and O–H groups in total. The van der Waals surface area contributed by atoms with Crippen LogP contribution in [0.25, 0.3) is 0 Å². The van der Waals surface area contributed by atoms with E-state index in [0.29, 0.717) is 5.91 Å². The molecule has 5 nitrogen and oxygen atoms in total. The van der Waals surface area contributed by atoms with Crippen molar-refractivity contribution in [2.75, 3.05) is 59.9 Å². The predicted molar refractivity (Wildman–Crippen MR) is 81.8 cm³/mol. The van der Waals surface area contributed by atoms with Crippen LogP contribution < -0.4 is 5.32 Å². The van der Waals surface area contributed by atoms with Gasteiger partial charge in [0.25, 0.3) is 0 Å². The van der Waals surface area contributed by atoms with Crippen LogP contribution in [-0.2, 0) is 4.79 Å². The molecule has 0 bridgehead atoms. The minimum atomic E-state index is -0.258. The highest BCUT2D eigenvalue weighted by Gasteiger charge is 2.42. The Bertz CT molecular complexity index is 318. The van der Waals surface area contributed by atoms with Gasteiger partial charge in [-0.1, -0.05) is 6.92 Å². The molecule has 0 aromatic rings.